The molecule has 7 nitrogen and oxygen atoms in total. The zero-order valence-electron chi connectivity index (χ0n) is 13.9. The third kappa shape index (κ3) is 6.39. The van der Waals surface area contributed by atoms with Crippen LogP contribution in [0.2, 0.25) is 0 Å². The molecule has 1 aliphatic heterocycles. The Morgan fingerprint density at radius 3 is 2.48 bits per heavy atom. The van der Waals surface area contributed by atoms with Crippen molar-refractivity contribution in [1.82, 2.24) is 16.0 Å². The van der Waals surface area contributed by atoms with Gasteiger partial charge >= 0.3 is 5.97 Å². The molecule has 2 amide bonds. The lowest BCUT2D eigenvalue weighted by molar-refractivity contribution is -0.142. The summed E-state index contributed by atoms with van der Waals surface area (Å²) < 4.78 is 0. The highest BCUT2D eigenvalue weighted by molar-refractivity contribution is 7.98. The Morgan fingerprint density at radius 1 is 1.30 bits per heavy atom. The molecule has 8 heteroatoms. The van der Waals surface area contributed by atoms with Crippen molar-refractivity contribution in [3.8, 4) is 0 Å². The van der Waals surface area contributed by atoms with Gasteiger partial charge in [-0.2, -0.15) is 11.8 Å². The summed E-state index contributed by atoms with van der Waals surface area (Å²) in [5.41, 5.74) is 0. The second-order valence-corrected chi connectivity index (χ2v) is 7.05. The number of carbonyl (C=O) groups excluding carboxylic acids is 2. The van der Waals surface area contributed by atoms with Gasteiger partial charge in [-0.05, 0) is 43.7 Å². The van der Waals surface area contributed by atoms with E-state index in [4.69, 9.17) is 0 Å². The van der Waals surface area contributed by atoms with Crippen LogP contribution in [0.3, 0.4) is 0 Å². The van der Waals surface area contributed by atoms with Gasteiger partial charge in [-0.3, -0.25) is 9.59 Å². The maximum atomic E-state index is 12.4. The Bertz CT molecular complexity index is 425. The molecule has 132 valence electrons. The molecule has 23 heavy (non-hydrogen) atoms. The highest BCUT2D eigenvalue weighted by Crippen LogP contribution is 2.09. The molecule has 0 aromatic rings. The molecule has 1 aliphatic rings. The smallest absolute Gasteiger partial charge is 0.326 e. The van der Waals surface area contributed by atoms with Crippen molar-refractivity contribution in [3.05, 3.63) is 0 Å². The number of thioether (sulfide) groups is 1. The SMILES string of the molecule is CSCCC(NC(=O)C(NC(=O)C1CCCN1)C(C)C)C(=O)O. The van der Waals surface area contributed by atoms with Gasteiger partial charge in [0, 0.05) is 0 Å². The minimum atomic E-state index is -1.06. The molecule has 0 radical (unpaired) electrons. The summed E-state index contributed by atoms with van der Waals surface area (Å²) >= 11 is 1.52. The van der Waals surface area contributed by atoms with Crippen LogP contribution in [-0.2, 0) is 14.4 Å². The standard InChI is InChI=1S/C15H27N3O4S/c1-9(2)12(18-13(19)10-5-4-7-16-10)14(20)17-11(15(21)22)6-8-23-3/h9-12,16H,4-8H2,1-3H3,(H,17,20)(H,18,19)(H,21,22). The fourth-order valence-electron chi connectivity index (χ4n) is 2.45. The lowest BCUT2D eigenvalue weighted by Gasteiger charge is -2.25. The van der Waals surface area contributed by atoms with Gasteiger partial charge < -0.3 is 21.1 Å². The molecular formula is C15H27N3O4S. The molecule has 0 aliphatic carbocycles. The van der Waals surface area contributed by atoms with Gasteiger partial charge in [0.1, 0.15) is 12.1 Å². The highest BCUT2D eigenvalue weighted by Gasteiger charge is 2.31. The number of amides is 2. The van der Waals surface area contributed by atoms with Crippen LogP contribution in [-0.4, -0.2) is 59.6 Å². The van der Waals surface area contributed by atoms with Crippen molar-refractivity contribution < 1.29 is 19.5 Å². The van der Waals surface area contributed by atoms with Crippen LogP contribution in [0.15, 0.2) is 0 Å². The van der Waals surface area contributed by atoms with Crippen molar-refractivity contribution in [3.63, 3.8) is 0 Å². The average Bonchev–Trinajstić information content (AvgIpc) is 3.02. The molecule has 1 heterocycles. The van der Waals surface area contributed by atoms with Gasteiger partial charge in [-0.25, -0.2) is 4.79 Å². The van der Waals surface area contributed by atoms with E-state index in [1.165, 1.54) is 11.8 Å². The molecule has 0 aromatic carbocycles. The molecule has 4 N–H and O–H groups in total. The number of hydrogen-bond acceptors (Lipinski definition) is 5. The molecule has 0 spiro atoms. The minimum absolute atomic E-state index is 0.129. The number of nitrogens with one attached hydrogen (secondary N) is 3. The summed E-state index contributed by atoms with van der Waals surface area (Å²) in [7, 11) is 0. The predicted octanol–water partition coefficient (Wildman–Crippen LogP) is 0.202. The van der Waals surface area contributed by atoms with Gasteiger partial charge in [0.2, 0.25) is 11.8 Å². The summed E-state index contributed by atoms with van der Waals surface area (Å²) in [6, 6.07) is -1.94. The Balaban J connectivity index is 2.65. The Labute approximate surface area is 141 Å². The maximum Gasteiger partial charge on any atom is 0.326 e. The Hall–Kier alpha value is -1.28. The van der Waals surface area contributed by atoms with Gasteiger partial charge in [0.15, 0.2) is 0 Å². The van der Waals surface area contributed by atoms with Crippen LogP contribution in [0.1, 0.15) is 33.1 Å². The zero-order chi connectivity index (χ0) is 17.4. The number of carbonyl (C=O) groups is 3. The van der Waals surface area contributed by atoms with Gasteiger partial charge in [0.25, 0.3) is 0 Å². The number of aliphatic carboxylic acids is 1. The third-order valence-electron chi connectivity index (χ3n) is 3.85. The first-order valence-corrected chi connectivity index (χ1v) is 9.32. The van der Waals surface area contributed by atoms with Crippen molar-refractivity contribution in [1.29, 1.82) is 0 Å². The number of hydrogen-bond donors (Lipinski definition) is 4. The van der Waals surface area contributed by atoms with Crippen molar-refractivity contribution in [2.75, 3.05) is 18.6 Å². The molecule has 0 saturated carbocycles. The van der Waals surface area contributed by atoms with Crippen LogP contribution in [0, 0.1) is 5.92 Å². The molecule has 0 bridgehead atoms. The van der Waals surface area contributed by atoms with E-state index in [2.05, 4.69) is 16.0 Å². The fourth-order valence-corrected chi connectivity index (χ4v) is 2.92. The van der Waals surface area contributed by atoms with E-state index in [-0.39, 0.29) is 17.9 Å². The molecule has 1 rings (SSSR count). The van der Waals surface area contributed by atoms with E-state index in [0.29, 0.717) is 12.2 Å². The van der Waals surface area contributed by atoms with E-state index in [1.54, 1.807) is 0 Å². The van der Waals surface area contributed by atoms with Crippen molar-refractivity contribution in [2.24, 2.45) is 5.92 Å². The molecular weight excluding hydrogens is 318 g/mol. The summed E-state index contributed by atoms with van der Waals surface area (Å²) in [4.78, 5) is 35.8. The molecule has 1 saturated heterocycles. The predicted molar refractivity (Wildman–Crippen MR) is 90.4 cm³/mol. The lowest BCUT2D eigenvalue weighted by atomic mass is 10.0. The van der Waals surface area contributed by atoms with E-state index >= 15 is 0 Å². The summed E-state index contributed by atoms with van der Waals surface area (Å²) in [6.07, 6.45) is 3.92. The monoisotopic (exact) mass is 345 g/mol. The minimum Gasteiger partial charge on any atom is -0.480 e. The van der Waals surface area contributed by atoms with E-state index < -0.39 is 24.0 Å². The maximum absolute atomic E-state index is 12.4. The van der Waals surface area contributed by atoms with Crippen LogP contribution < -0.4 is 16.0 Å². The number of carboxylic acids is 1. The Morgan fingerprint density at radius 2 is 2.00 bits per heavy atom. The number of carboxylic acid groups (broad SMARTS) is 1. The van der Waals surface area contributed by atoms with Crippen molar-refractivity contribution in [2.45, 2.75) is 51.2 Å². The largest absolute Gasteiger partial charge is 0.480 e. The van der Waals surface area contributed by atoms with Gasteiger partial charge in [-0.15, -0.1) is 0 Å². The van der Waals surface area contributed by atoms with Crippen LogP contribution >= 0.6 is 11.8 Å². The van der Waals surface area contributed by atoms with Crippen molar-refractivity contribution >= 4 is 29.5 Å². The third-order valence-corrected chi connectivity index (χ3v) is 4.49. The Kier molecular flexibility index (Phi) is 8.40. The topological polar surface area (TPSA) is 108 Å². The number of rotatable bonds is 9. The summed E-state index contributed by atoms with van der Waals surface area (Å²) in [6.45, 7) is 4.45. The highest BCUT2D eigenvalue weighted by atomic mass is 32.2. The second kappa shape index (κ2) is 9.77. The molecule has 0 aromatic heterocycles. The summed E-state index contributed by atoms with van der Waals surface area (Å²) in [5.74, 6) is -1.19. The van der Waals surface area contributed by atoms with Crippen LogP contribution in [0.25, 0.3) is 0 Å². The van der Waals surface area contributed by atoms with E-state index in [9.17, 15) is 19.5 Å². The molecule has 1 fully saturated rings. The first-order valence-electron chi connectivity index (χ1n) is 7.92. The zero-order valence-corrected chi connectivity index (χ0v) is 14.7. The van der Waals surface area contributed by atoms with E-state index in [1.807, 2.05) is 20.1 Å². The molecule has 3 atom stereocenters. The summed E-state index contributed by atoms with van der Waals surface area (Å²) in [5, 5.41) is 17.6. The van der Waals surface area contributed by atoms with Gasteiger partial charge in [0.05, 0.1) is 6.04 Å². The second-order valence-electron chi connectivity index (χ2n) is 6.06. The first kappa shape index (κ1) is 19.8. The van der Waals surface area contributed by atoms with Crippen LogP contribution in [0.5, 0.6) is 0 Å². The molecule has 3 unspecified atom stereocenters. The van der Waals surface area contributed by atoms with E-state index in [0.717, 1.165) is 19.4 Å². The average molecular weight is 345 g/mol. The lowest BCUT2D eigenvalue weighted by Crippen LogP contribution is -2.56. The quantitative estimate of drug-likeness (QED) is 0.476. The first-order chi connectivity index (χ1) is 10.9. The normalized spacial score (nSPS) is 20.1. The fraction of sp³-hybridized carbons (Fsp3) is 0.800. The van der Waals surface area contributed by atoms with Crippen LogP contribution in [0.4, 0.5) is 0 Å². The van der Waals surface area contributed by atoms with Gasteiger partial charge in [-0.1, -0.05) is 13.8 Å².